The number of benzene rings is 3. The topological polar surface area (TPSA) is 43.7 Å². The zero-order valence-corrected chi connectivity index (χ0v) is 21.3. The summed E-state index contributed by atoms with van der Waals surface area (Å²) in [7, 11) is 0. The lowest BCUT2D eigenvalue weighted by molar-refractivity contribution is -0.137. The second-order valence-corrected chi connectivity index (χ2v) is 9.33. The third kappa shape index (κ3) is 5.13. The number of aromatic nitrogens is 1. The molecular formula is C30H29F3N2O3. The summed E-state index contributed by atoms with van der Waals surface area (Å²) in [5.41, 5.74) is 2.02. The summed E-state index contributed by atoms with van der Waals surface area (Å²) in [4.78, 5) is 15.8. The van der Waals surface area contributed by atoms with Crippen molar-refractivity contribution in [3.63, 3.8) is 0 Å². The molecule has 5 rings (SSSR count). The number of pyridine rings is 1. The summed E-state index contributed by atoms with van der Waals surface area (Å²) in [6.07, 6.45) is -2.53. The van der Waals surface area contributed by atoms with Crippen LogP contribution in [0.1, 0.15) is 36.1 Å². The maximum absolute atomic E-state index is 13.6. The van der Waals surface area contributed by atoms with Gasteiger partial charge in [0.25, 0.3) is 0 Å². The van der Waals surface area contributed by atoms with Crippen molar-refractivity contribution in [1.82, 2.24) is 9.47 Å². The van der Waals surface area contributed by atoms with Gasteiger partial charge in [0.2, 0.25) is 0 Å². The minimum atomic E-state index is -4.50. The minimum absolute atomic E-state index is 0.145. The van der Waals surface area contributed by atoms with Crippen molar-refractivity contribution in [2.45, 2.75) is 33.1 Å². The van der Waals surface area contributed by atoms with Crippen LogP contribution in [0.25, 0.3) is 16.6 Å². The molecule has 0 aliphatic carbocycles. The van der Waals surface area contributed by atoms with Gasteiger partial charge in [-0.15, -0.1) is 0 Å². The third-order valence-electron chi connectivity index (χ3n) is 7.00. The van der Waals surface area contributed by atoms with Gasteiger partial charge < -0.3 is 18.9 Å². The highest BCUT2D eigenvalue weighted by Gasteiger charge is 2.32. The number of likely N-dealkylation sites (N-methyl/N-ethyl adjacent to an activating group) is 1. The molecule has 2 heterocycles. The fourth-order valence-corrected chi connectivity index (χ4v) is 4.86. The van der Waals surface area contributed by atoms with E-state index in [-0.39, 0.29) is 17.7 Å². The molecule has 0 bridgehead atoms. The lowest BCUT2D eigenvalue weighted by atomic mass is 10.0. The molecule has 5 nitrogen and oxygen atoms in total. The van der Waals surface area contributed by atoms with Crippen molar-refractivity contribution in [3.05, 3.63) is 99.3 Å². The van der Waals surface area contributed by atoms with E-state index in [0.29, 0.717) is 35.2 Å². The molecule has 0 atom stereocenters. The van der Waals surface area contributed by atoms with Crippen molar-refractivity contribution in [1.29, 1.82) is 0 Å². The van der Waals surface area contributed by atoms with Crippen molar-refractivity contribution in [3.8, 4) is 17.2 Å². The van der Waals surface area contributed by atoms with E-state index < -0.39 is 11.7 Å². The summed E-state index contributed by atoms with van der Waals surface area (Å²) in [5.74, 6) is 1.08. The fourth-order valence-electron chi connectivity index (χ4n) is 4.86. The smallest absolute Gasteiger partial charge is 0.416 e. The molecular weight excluding hydrogens is 493 g/mol. The molecule has 1 aliphatic heterocycles. The number of para-hydroxylation sites is 1. The quantitative estimate of drug-likeness (QED) is 0.276. The lowest BCUT2D eigenvalue weighted by Gasteiger charge is -2.18. The molecule has 0 saturated heterocycles. The van der Waals surface area contributed by atoms with Gasteiger partial charge in [-0.1, -0.05) is 38.1 Å². The van der Waals surface area contributed by atoms with Crippen LogP contribution in [0, 0.1) is 0 Å². The van der Waals surface area contributed by atoms with Crippen LogP contribution in [-0.2, 0) is 19.2 Å². The Morgan fingerprint density at radius 2 is 1.79 bits per heavy atom. The Hall–Kier alpha value is -3.78. The number of fused-ring (bicyclic) bond motifs is 2. The Morgan fingerprint density at radius 3 is 2.50 bits per heavy atom. The maximum atomic E-state index is 13.6. The molecule has 0 radical (unpaired) electrons. The number of rotatable bonds is 8. The Bertz CT molecular complexity index is 1510. The first-order chi connectivity index (χ1) is 18.3. The zero-order chi connectivity index (χ0) is 26.9. The normalized spacial score (nSPS) is 12.8. The number of halogens is 3. The van der Waals surface area contributed by atoms with Crippen LogP contribution in [0.2, 0.25) is 0 Å². The largest absolute Gasteiger partial charge is 0.492 e. The molecule has 3 aromatic carbocycles. The molecule has 8 heteroatoms. The highest BCUT2D eigenvalue weighted by molar-refractivity contribution is 5.85. The molecule has 0 fully saturated rings. The molecule has 1 aliphatic rings. The highest BCUT2D eigenvalue weighted by atomic mass is 19.4. The summed E-state index contributed by atoms with van der Waals surface area (Å²) in [6.45, 7) is 7.75. The molecule has 0 unspecified atom stereocenters. The van der Waals surface area contributed by atoms with E-state index in [1.165, 1.54) is 6.07 Å². The summed E-state index contributed by atoms with van der Waals surface area (Å²) in [6, 6.07) is 16.3. The molecule has 4 aromatic rings. The number of hydrogen-bond acceptors (Lipinski definition) is 4. The van der Waals surface area contributed by atoms with Gasteiger partial charge in [0.15, 0.2) is 5.43 Å². The number of ether oxygens (including phenoxy) is 2. The van der Waals surface area contributed by atoms with E-state index in [1.807, 2.05) is 30.3 Å². The summed E-state index contributed by atoms with van der Waals surface area (Å²) >= 11 is 0. The van der Waals surface area contributed by atoms with Gasteiger partial charge in [0.05, 0.1) is 16.8 Å². The molecule has 38 heavy (non-hydrogen) atoms. The van der Waals surface area contributed by atoms with Gasteiger partial charge in [-0.3, -0.25) is 4.79 Å². The molecule has 0 spiro atoms. The number of alkyl halides is 3. The van der Waals surface area contributed by atoms with Crippen LogP contribution in [0.5, 0.6) is 11.5 Å². The van der Waals surface area contributed by atoms with Crippen LogP contribution < -0.4 is 14.9 Å². The lowest BCUT2D eigenvalue weighted by Crippen LogP contribution is -2.27. The number of hydrogen-bond donors (Lipinski definition) is 0. The van der Waals surface area contributed by atoms with Gasteiger partial charge in [0.1, 0.15) is 24.7 Å². The van der Waals surface area contributed by atoms with Gasteiger partial charge in [0, 0.05) is 35.7 Å². The van der Waals surface area contributed by atoms with E-state index in [9.17, 15) is 18.0 Å². The highest BCUT2D eigenvalue weighted by Crippen LogP contribution is 2.37. The monoisotopic (exact) mass is 522 g/mol. The molecule has 0 N–H and O–H groups in total. The second-order valence-electron chi connectivity index (χ2n) is 9.33. The molecule has 198 valence electrons. The Balaban J connectivity index is 1.49. The van der Waals surface area contributed by atoms with Gasteiger partial charge in [-0.2, -0.15) is 13.2 Å². The van der Waals surface area contributed by atoms with Crippen LogP contribution >= 0.6 is 0 Å². The minimum Gasteiger partial charge on any atom is -0.492 e. The number of nitrogens with zero attached hydrogens (tertiary/aromatic N) is 2. The van der Waals surface area contributed by atoms with Crippen LogP contribution in [0.15, 0.2) is 71.7 Å². The van der Waals surface area contributed by atoms with E-state index >= 15 is 0 Å². The molecule has 0 saturated carbocycles. The van der Waals surface area contributed by atoms with Gasteiger partial charge in [-0.05, 0) is 55.1 Å². The Labute approximate surface area is 219 Å². The van der Waals surface area contributed by atoms with Crippen molar-refractivity contribution < 1.29 is 22.6 Å². The first-order valence-corrected chi connectivity index (χ1v) is 12.7. The predicted molar refractivity (Wildman–Crippen MR) is 141 cm³/mol. The summed E-state index contributed by atoms with van der Waals surface area (Å²) in [5, 5.41) is 0.449. The van der Waals surface area contributed by atoms with E-state index in [2.05, 4.69) is 18.7 Å². The zero-order valence-electron chi connectivity index (χ0n) is 21.3. The third-order valence-corrected chi connectivity index (χ3v) is 7.00. The molecule has 0 amide bonds. The Morgan fingerprint density at radius 1 is 1.03 bits per heavy atom. The van der Waals surface area contributed by atoms with Crippen molar-refractivity contribution >= 4 is 10.9 Å². The van der Waals surface area contributed by atoms with E-state index in [1.54, 1.807) is 22.9 Å². The average molecular weight is 523 g/mol. The predicted octanol–water partition coefficient (Wildman–Crippen LogP) is 6.21. The first-order valence-electron chi connectivity index (χ1n) is 12.7. The SMILES string of the molecule is CCN(CC)CCOc1ccc(Cc2cn3c4c(cccc4c2=O)COc2ccc(C(F)(F)F)cc2-3)cc1. The maximum Gasteiger partial charge on any atom is 0.416 e. The van der Waals surface area contributed by atoms with E-state index in [4.69, 9.17) is 9.47 Å². The van der Waals surface area contributed by atoms with Gasteiger partial charge in [-0.25, -0.2) is 0 Å². The van der Waals surface area contributed by atoms with Crippen LogP contribution in [-0.4, -0.2) is 35.7 Å². The first kappa shape index (κ1) is 25.9. The van der Waals surface area contributed by atoms with Crippen LogP contribution in [0.4, 0.5) is 13.2 Å². The Kier molecular flexibility index (Phi) is 7.17. The average Bonchev–Trinajstić information content (AvgIpc) is 3.07. The van der Waals surface area contributed by atoms with Gasteiger partial charge >= 0.3 is 6.18 Å². The summed E-state index contributed by atoms with van der Waals surface area (Å²) < 4.78 is 54.0. The fraction of sp³-hybridized carbons (Fsp3) is 0.300. The second kappa shape index (κ2) is 10.5. The van der Waals surface area contributed by atoms with Crippen molar-refractivity contribution in [2.75, 3.05) is 26.2 Å². The molecule has 1 aromatic heterocycles. The van der Waals surface area contributed by atoms with Crippen molar-refractivity contribution in [2.24, 2.45) is 0 Å². The van der Waals surface area contributed by atoms with Crippen LogP contribution in [0.3, 0.4) is 0 Å². The standard InChI is InChI=1S/C30H29F3N2O3/c1-3-34(4-2)14-15-37-24-11-8-20(9-12-24)16-22-18-35-26-17-23(30(31,32)33)10-13-27(26)38-19-21-6-5-7-25(28(21)35)29(22)36/h5-13,17-18H,3-4,14-16,19H2,1-2H3. The van der Waals surface area contributed by atoms with E-state index in [0.717, 1.165) is 48.6 Å².